The first-order valence-corrected chi connectivity index (χ1v) is 8.86. The minimum absolute atomic E-state index is 0.0723. The maximum absolute atomic E-state index is 2.49. The quantitative estimate of drug-likeness (QED) is 0.592. The van der Waals surface area contributed by atoms with Gasteiger partial charge in [-0.2, -0.15) is 0 Å². The Hall–Kier alpha value is -0.610. The summed E-state index contributed by atoms with van der Waals surface area (Å²) >= 11 is 0. The fraction of sp³-hybridized carbons (Fsp3) is 0.556. The van der Waals surface area contributed by atoms with Crippen LogP contribution in [0.5, 0.6) is 0 Å². The molecule has 104 valence electrons. The van der Waals surface area contributed by atoms with Gasteiger partial charge in [-0.05, 0) is 48.8 Å². The first-order valence-electron chi connectivity index (χ1n) is 7.38. The maximum Gasteiger partial charge on any atom is 0.0346 e. The Morgan fingerprint density at radius 2 is 1.47 bits per heavy atom. The van der Waals surface area contributed by atoms with Gasteiger partial charge in [0.25, 0.3) is 0 Å². The molecule has 0 saturated carbocycles. The molecule has 0 nitrogen and oxygen atoms in total. The molecule has 1 aromatic carbocycles. The van der Waals surface area contributed by atoms with Gasteiger partial charge in [0, 0.05) is 5.16 Å². The minimum atomic E-state index is -0.0723. The molecular formula is C18H27P. The third kappa shape index (κ3) is 2.09. The first-order chi connectivity index (χ1) is 8.81. The van der Waals surface area contributed by atoms with Gasteiger partial charge in [-0.1, -0.05) is 65.5 Å². The lowest BCUT2D eigenvalue weighted by molar-refractivity contribution is 0.780. The van der Waals surface area contributed by atoms with Crippen LogP contribution in [0.15, 0.2) is 29.8 Å². The van der Waals surface area contributed by atoms with Gasteiger partial charge in [-0.3, -0.25) is 0 Å². The number of fused-ring (bicyclic) bond motifs is 1. The van der Waals surface area contributed by atoms with Crippen molar-refractivity contribution in [2.24, 2.45) is 0 Å². The van der Waals surface area contributed by atoms with Gasteiger partial charge in [-0.25, -0.2) is 0 Å². The van der Waals surface area contributed by atoms with Crippen molar-refractivity contribution in [1.29, 1.82) is 0 Å². The fourth-order valence-corrected chi connectivity index (χ4v) is 8.25. The van der Waals surface area contributed by atoms with Gasteiger partial charge in [0.2, 0.25) is 0 Å². The van der Waals surface area contributed by atoms with Gasteiger partial charge >= 0.3 is 0 Å². The third-order valence-electron chi connectivity index (χ3n) is 4.78. The van der Waals surface area contributed by atoms with E-state index < -0.39 is 0 Å². The third-order valence-corrected chi connectivity index (χ3v) is 8.61. The van der Waals surface area contributed by atoms with E-state index in [1.807, 2.05) is 0 Å². The average molecular weight is 274 g/mol. The molecular weight excluding hydrogens is 247 g/mol. The maximum atomic E-state index is 2.49. The second kappa shape index (κ2) is 5.06. The van der Waals surface area contributed by atoms with Crippen LogP contribution in [-0.4, -0.2) is 11.3 Å². The molecule has 1 atom stereocenters. The summed E-state index contributed by atoms with van der Waals surface area (Å²) in [7, 11) is -0.0723. The number of rotatable bonds is 3. The van der Waals surface area contributed by atoms with Crippen molar-refractivity contribution in [1.82, 2.24) is 0 Å². The second-order valence-electron chi connectivity index (χ2n) is 6.46. The van der Waals surface area contributed by atoms with Crippen molar-refractivity contribution in [3.8, 4) is 0 Å². The fourth-order valence-electron chi connectivity index (χ4n) is 3.97. The molecule has 0 aliphatic heterocycles. The van der Waals surface area contributed by atoms with Crippen molar-refractivity contribution in [2.75, 3.05) is 0 Å². The molecule has 1 aromatic rings. The van der Waals surface area contributed by atoms with Crippen molar-refractivity contribution in [3.63, 3.8) is 0 Å². The van der Waals surface area contributed by atoms with Crippen LogP contribution in [-0.2, 0) is 5.16 Å². The Labute approximate surface area is 120 Å². The molecule has 0 aromatic heterocycles. The Balaban J connectivity index is 2.66. The summed E-state index contributed by atoms with van der Waals surface area (Å²) in [6, 6.07) is 9.04. The van der Waals surface area contributed by atoms with E-state index in [9.17, 15) is 0 Å². The van der Waals surface area contributed by atoms with E-state index >= 15 is 0 Å². The highest BCUT2D eigenvalue weighted by Gasteiger charge is 2.45. The summed E-state index contributed by atoms with van der Waals surface area (Å²) in [6.07, 6.45) is 0. The molecule has 19 heavy (non-hydrogen) atoms. The van der Waals surface area contributed by atoms with E-state index in [1.165, 1.54) is 11.1 Å². The highest BCUT2D eigenvalue weighted by atomic mass is 31.1. The van der Waals surface area contributed by atoms with E-state index in [2.05, 4.69) is 72.7 Å². The SMILES string of the molecule is CC1=C(C)C(C)(P(C(C)C)C(C)C)c2ccccc21. The number of benzene rings is 1. The highest BCUT2D eigenvalue weighted by molar-refractivity contribution is 7.60. The van der Waals surface area contributed by atoms with Crippen molar-refractivity contribution in [2.45, 2.75) is 64.9 Å². The average Bonchev–Trinajstić information content (AvgIpc) is 2.52. The zero-order valence-corrected chi connectivity index (χ0v) is 14.3. The molecule has 0 spiro atoms. The monoisotopic (exact) mass is 274 g/mol. The number of hydrogen-bond donors (Lipinski definition) is 0. The molecule has 0 bridgehead atoms. The van der Waals surface area contributed by atoms with E-state index in [4.69, 9.17) is 0 Å². The topological polar surface area (TPSA) is 0 Å². The molecule has 1 aliphatic carbocycles. The van der Waals surface area contributed by atoms with Gasteiger partial charge < -0.3 is 0 Å². The van der Waals surface area contributed by atoms with E-state index in [0.29, 0.717) is 0 Å². The molecule has 2 rings (SSSR count). The number of allylic oxidation sites excluding steroid dienone is 2. The smallest absolute Gasteiger partial charge is 0.0346 e. The molecule has 1 unspecified atom stereocenters. The van der Waals surface area contributed by atoms with Crippen LogP contribution < -0.4 is 0 Å². The zero-order chi connectivity index (χ0) is 14.4. The molecule has 1 aliphatic rings. The summed E-state index contributed by atoms with van der Waals surface area (Å²) in [5, 5.41) is 0.262. The highest BCUT2D eigenvalue weighted by Crippen LogP contribution is 2.68. The molecule has 0 amide bonds. The van der Waals surface area contributed by atoms with E-state index in [0.717, 1.165) is 11.3 Å². The Morgan fingerprint density at radius 1 is 0.947 bits per heavy atom. The number of hydrogen-bond acceptors (Lipinski definition) is 0. The molecule has 0 N–H and O–H groups in total. The van der Waals surface area contributed by atoms with E-state index in [-0.39, 0.29) is 13.1 Å². The van der Waals surface area contributed by atoms with E-state index in [1.54, 1.807) is 11.1 Å². The van der Waals surface area contributed by atoms with Gasteiger partial charge in [0.05, 0.1) is 0 Å². The predicted molar refractivity (Wildman–Crippen MR) is 89.3 cm³/mol. The van der Waals surface area contributed by atoms with Crippen LogP contribution in [0.3, 0.4) is 0 Å². The lowest BCUT2D eigenvalue weighted by Gasteiger charge is -2.43. The van der Waals surface area contributed by atoms with Gasteiger partial charge in [0.1, 0.15) is 0 Å². The Morgan fingerprint density at radius 3 is 2.00 bits per heavy atom. The van der Waals surface area contributed by atoms with Crippen LogP contribution in [0.1, 0.15) is 59.6 Å². The van der Waals surface area contributed by atoms with Crippen LogP contribution in [0.25, 0.3) is 5.57 Å². The van der Waals surface area contributed by atoms with Gasteiger partial charge in [-0.15, -0.1) is 0 Å². The summed E-state index contributed by atoms with van der Waals surface area (Å²) in [5.41, 5.74) is 7.67. The van der Waals surface area contributed by atoms with Crippen molar-refractivity contribution >= 4 is 13.5 Å². The molecule has 0 saturated heterocycles. The second-order valence-corrected chi connectivity index (χ2v) is 10.2. The van der Waals surface area contributed by atoms with Crippen LogP contribution >= 0.6 is 7.92 Å². The van der Waals surface area contributed by atoms with Crippen molar-refractivity contribution in [3.05, 3.63) is 41.0 Å². The Bertz CT molecular complexity index is 502. The largest absolute Gasteiger partial charge is 0.0864 e. The van der Waals surface area contributed by atoms with Crippen LogP contribution in [0.4, 0.5) is 0 Å². The summed E-state index contributed by atoms with van der Waals surface area (Å²) in [6.45, 7) is 16.8. The van der Waals surface area contributed by atoms with Crippen LogP contribution in [0.2, 0.25) is 0 Å². The summed E-state index contributed by atoms with van der Waals surface area (Å²) in [5.74, 6) is 0. The van der Waals surface area contributed by atoms with Crippen LogP contribution in [0, 0.1) is 0 Å². The lowest BCUT2D eigenvalue weighted by atomic mass is 9.97. The zero-order valence-electron chi connectivity index (χ0n) is 13.4. The minimum Gasteiger partial charge on any atom is -0.0864 e. The lowest BCUT2D eigenvalue weighted by Crippen LogP contribution is -2.26. The standard InChI is InChI=1S/C18H27P/c1-12(2)19(13(3)4)18(7)15(6)14(5)16-10-8-9-11-17(16)18/h8-13H,1-7H3. The van der Waals surface area contributed by atoms with Gasteiger partial charge in [0.15, 0.2) is 0 Å². The Kier molecular flexibility index (Phi) is 3.94. The molecule has 0 fully saturated rings. The molecule has 0 radical (unpaired) electrons. The first kappa shape index (κ1) is 14.8. The molecule has 1 heteroatoms. The normalized spacial score (nSPS) is 22.8. The summed E-state index contributed by atoms with van der Waals surface area (Å²) < 4.78 is 0. The molecule has 0 heterocycles. The predicted octanol–water partition coefficient (Wildman–Crippen LogP) is 6.01. The van der Waals surface area contributed by atoms with Crippen molar-refractivity contribution < 1.29 is 0 Å². The summed E-state index contributed by atoms with van der Waals surface area (Å²) in [4.78, 5) is 0.